The lowest BCUT2D eigenvalue weighted by molar-refractivity contribution is -0.135. The van der Waals surface area contributed by atoms with Crippen molar-refractivity contribution in [3.63, 3.8) is 0 Å². The van der Waals surface area contributed by atoms with Crippen molar-refractivity contribution in [1.82, 2.24) is 4.90 Å². The lowest BCUT2D eigenvalue weighted by atomic mass is 10.2. The topological polar surface area (TPSA) is 55.6 Å². The van der Waals surface area contributed by atoms with Crippen molar-refractivity contribution in [2.45, 2.75) is 19.4 Å². The van der Waals surface area contributed by atoms with Crippen molar-refractivity contribution in [3.8, 4) is 0 Å². The molecule has 1 heterocycles. The summed E-state index contributed by atoms with van der Waals surface area (Å²) < 4.78 is 5.20. The van der Waals surface area contributed by atoms with Gasteiger partial charge < -0.3 is 10.5 Å². The van der Waals surface area contributed by atoms with Gasteiger partial charge in [0.05, 0.1) is 6.61 Å². The molecule has 0 aromatic carbocycles. The maximum absolute atomic E-state index is 10.8. The standard InChI is InChI=1S/C8H16N2O2/c1-2-3-10-4-5-12-7(6-10)8(9)11/h7H,2-6H2,1H3,(H2,9,11). The van der Waals surface area contributed by atoms with Crippen molar-refractivity contribution in [3.05, 3.63) is 0 Å². The Morgan fingerprint density at radius 2 is 2.50 bits per heavy atom. The minimum Gasteiger partial charge on any atom is -0.367 e. The zero-order valence-corrected chi connectivity index (χ0v) is 7.45. The van der Waals surface area contributed by atoms with Crippen molar-refractivity contribution in [2.75, 3.05) is 26.2 Å². The smallest absolute Gasteiger partial charge is 0.247 e. The molecule has 1 amide bonds. The first-order valence-electron chi connectivity index (χ1n) is 4.37. The molecule has 1 aliphatic heterocycles. The molecule has 0 saturated carbocycles. The van der Waals surface area contributed by atoms with Gasteiger partial charge in [0.15, 0.2) is 0 Å². The van der Waals surface area contributed by atoms with E-state index >= 15 is 0 Å². The van der Waals surface area contributed by atoms with E-state index in [9.17, 15) is 4.79 Å². The molecule has 0 spiro atoms. The van der Waals surface area contributed by atoms with E-state index in [-0.39, 0.29) is 5.91 Å². The summed E-state index contributed by atoms with van der Waals surface area (Å²) in [4.78, 5) is 13.0. The molecule has 2 N–H and O–H groups in total. The summed E-state index contributed by atoms with van der Waals surface area (Å²) in [7, 11) is 0. The molecular formula is C8H16N2O2. The zero-order valence-electron chi connectivity index (χ0n) is 7.45. The van der Waals surface area contributed by atoms with E-state index in [2.05, 4.69) is 11.8 Å². The first-order chi connectivity index (χ1) is 5.74. The van der Waals surface area contributed by atoms with Crippen LogP contribution >= 0.6 is 0 Å². The molecule has 1 fully saturated rings. The third kappa shape index (κ3) is 2.46. The first kappa shape index (κ1) is 9.48. The minimum atomic E-state index is -0.398. The average Bonchev–Trinajstić information content (AvgIpc) is 2.05. The Morgan fingerprint density at radius 1 is 1.75 bits per heavy atom. The van der Waals surface area contributed by atoms with Gasteiger partial charge in [0.2, 0.25) is 5.91 Å². The fourth-order valence-electron chi connectivity index (χ4n) is 1.39. The Labute approximate surface area is 72.7 Å². The summed E-state index contributed by atoms with van der Waals surface area (Å²) in [5.74, 6) is -0.351. The molecule has 0 radical (unpaired) electrons. The number of nitrogens with two attached hydrogens (primary N) is 1. The van der Waals surface area contributed by atoms with Gasteiger partial charge in [-0.25, -0.2) is 0 Å². The Bertz CT molecular complexity index is 159. The van der Waals surface area contributed by atoms with Gasteiger partial charge in [-0.05, 0) is 13.0 Å². The van der Waals surface area contributed by atoms with Gasteiger partial charge in [0.1, 0.15) is 6.10 Å². The fourth-order valence-corrected chi connectivity index (χ4v) is 1.39. The minimum absolute atomic E-state index is 0.351. The van der Waals surface area contributed by atoms with Crippen LogP contribution in [0.4, 0.5) is 0 Å². The molecular weight excluding hydrogens is 156 g/mol. The molecule has 0 bridgehead atoms. The van der Waals surface area contributed by atoms with Crippen LogP contribution in [0.15, 0.2) is 0 Å². The zero-order chi connectivity index (χ0) is 8.97. The summed E-state index contributed by atoms with van der Waals surface area (Å²) in [5, 5.41) is 0. The number of primary amides is 1. The Kier molecular flexibility index (Phi) is 3.49. The first-order valence-corrected chi connectivity index (χ1v) is 4.37. The lowest BCUT2D eigenvalue weighted by Gasteiger charge is -2.30. The maximum Gasteiger partial charge on any atom is 0.247 e. The molecule has 70 valence electrons. The summed E-state index contributed by atoms with van der Waals surface area (Å²) in [6.45, 7) is 5.33. The van der Waals surface area contributed by atoms with Crippen molar-refractivity contribution >= 4 is 5.91 Å². The Morgan fingerprint density at radius 3 is 3.08 bits per heavy atom. The molecule has 1 aliphatic rings. The number of amides is 1. The molecule has 0 aliphatic carbocycles. The average molecular weight is 172 g/mol. The van der Waals surface area contributed by atoms with Crippen LogP contribution in [-0.2, 0) is 9.53 Å². The highest BCUT2D eigenvalue weighted by Crippen LogP contribution is 2.04. The van der Waals surface area contributed by atoms with E-state index in [4.69, 9.17) is 10.5 Å². The van der Waals surface area contributed by atoms with Crippen LogP contribution in [0.1, 0.15) is 13.3 Å². The SMILES string of the molecule is CCCN1CCOC(C(N)=O)C1. The highest BCUT2D eigenvalue weighted by molar-refractivity contribution is 5.79. The van der Waals surface area contributed by atoms with E-state index in [0.29, 0.717) is 13.2 Å². The van der Waals surface area contributed by atoms with E-state index < -0.39 is 6.10 Å². The van der Waals surface area contributed by atoms with Gasteiger partial charge in [-0.2, -0.15) is 0 Å². The molecule has 1 unspecified atom stereocenters. The monoisotopic (exact) mass is 172 g/mol. The third-order valence-corrected chi connectivity index (χ3v) is 2.01. The highest BCUT2D eigenvalue weighted by atomic mass is 16.5. The molecule has 0 aromatic heterocycles. The molecule has 1 atom stereocenters. The van der Waals surface area contributed by atoms with Crippen molar-refractivity contribution in [1.29, 1.82) is 0 Å². The van der Waals surface area contributed by atoms with Crippen LogP contribution in [0.5, 0.6) is 0 Å². The molecule has 1 rings (SSSR count). The van der Waals surface area contributed by atoms with Crippen LogP contribution in [0.2, 0.25) is 0 Å². The van der Waals surface area contributed by atoms with Crippen LogP contribution in [0, 0.1) is 0 Å². The van der Waals surface area contributed by atoms with Crippen molar-refractivity contribution < 1.29 is 9.53 Å². The summed E-state index contributed by atoms with van der Waals surface area (Å²) in [6, 6.07) is 0. The van der Waals surface area contributed by atoms with Gasteiger partial charge in [0, 0.05) is 13.1 Å². The van der Waals surface area contributed by atoms with Gasteiger partial charge >= 0.3 is 0 Å². The predicted octanol–water partition coefficient (Wildman–Crippen LogP) is -0.417. The van der Waals surface area contributed by atoms with E-state index in [0.717, 1.165) is 19.5 Å². The number of rotatable bonds is 3. The van der Waals surface area contributed by atoms with Crippen LogP contribution in [-0.4, -0.2) is 43.2 Å². The largest absolute Gasteiger partial charge is 0.367 e. The third-order valence-electron chi connectivity index (χ3n) is 2.01. The van der Waals surface area contributed by atoms with Gasteiger partial charge in [0.25, 0.3) is 0 Å². The number of nitrogens with zero attached hydrogens (tertiary/aromatic N) is 1. The second-order valence-corrected chi connectivity index (χ2v) is 3.06. The number of hydrogen-bond donors (Lipinski definition) is 1. The quantitative estimate of drug-likeness (QED) is 0.629. The molecule has 4 nitrogen and oxygen atoms in total. The normalized spacial score (nSPS) is 25.6. The van der Waals surface area contributed by atoms with Crippen LogP contribution in [0.25, 0.3) is 0 Å². The summed E-state index contributed by atoms with van der Waals surface area (Å²) in [6.07, 6.45) is 0.705. The number of ether oxygens (including phenoxy) is 1. The Balaban J connectivity index is 2.35. The van der Waals surface area contributed by atoms with E-state index in [1.54, 1.807) is 0 Å². The summed E-state index contributed by atoms with van der Waals surface area (Å²) >= 11 is 0. The van der Waals surface area contributed by atoms with Crippen LogP contribution < -0.4 is 5.73 Å². The number of carbonyl (C=O) groups excluding carboxylic acids is 1. The highest BCUT2D eigenvalue weighted by Gasteiger charge is 2.23. The molecule has 4 heteroatoms. The van der Waals surface area contributed by atoms with Gasteiger partial charge in [-0.3, -0.25) is 9.69 Å². The molecule has 0 aromatic rings. The van der Waals surface area contributed by atoms with Crippen LogP contribution in [0.3, 0.4) is 0 Å². The number of carbonyl (C=O) groups is 1. The Hall–Kier alpha value is -0.610. The lowest BCUT2D eigenvalue weighted by Crippen LogP contribution is -2.48. The molecule has 12 heavy (non-hydrogen) atoms. The summed E-state index contributed by atoms with van der Waals surface area (Å²) in [5.41, 5.74) is 5.13. The second-order valence-electron chi connectivity index (χ2n) is 3.06. The van der Waals surface area contributed by atoms with E-state index in [1.165, 1.54) is 0 Å². The van der Waals surface area contributed by atoms with Gasteiger partial charge in [-0.15, -0.1) is 0 Å². The number of morpholine rings is 1. The number of hydrogen-bond acceptors (Lipinski definition) is 3. The van der Waals surface area contributed by atoms with Crippen molar-refractivity contribution in [2.24, 2.45) is 5.73 Å². The van der Waals surface area contributed by atoms with E-state index in [1.807, 2.05) is 0 Å². The second kappa shape index (κ2) is 4.42. The predicted molar refractivity (Wildman–Crippen MR) is 45.7 cm³/mol. The molecule has 1 saturated heterocycles. The fraction of sp³-hybridized carbons (Fsp3) is 0.875. The van der Waals surface area contributed by atoms with Gasteiger partial charge in [-0.1, -0.05) is 6.92 Å². The maximum atomic E-state index is 10.8.